The van der Waals surface area contributed by atoms with Crippen molar-refractivity contribution >= 4 is 0 Å². The predicted molar refractivity (Wildman–Crippen MR) is 56.7 cm³/mol. The molecule has 0 N–H and O–H groups in total. The normalized spacial score (nSPS) is 9.75. The number of pyridine rings is 2. The summed E-state index contributed by atoms with van der Waals surface area (Å²) in [6.45, 7) is 0. The van der Waals surface area contributed by atoms with Crippen LogP contribution in [0, 0.1) is 17.3 Å². The van der Waals surface area contributed by atoms with E-state index in [0.29, 0.717) is 5.56 Å². The SMILES string of the molecule is N#CCc1cc(-c2cccnc2)cnc1F. The van der Waals surface area contributed by atoms with E-state index in [-0.39, 0.29) is 6.42 Å². The molecule has 4 heteroatoms. The number of nitrogens with zero attached hydrogens (tertiary/aromatic N) is 3. The fourth-order valence-electron chi connectivity index (χ4n) is 1.39. The fraction of sp³-hybridized carbons (Fsp3) is 0.0833. The maximum atomic E-state index is 13.2. The fourth-order valence-corrected chi connectivity index (χ4v) is 1.39. The zero-order valence-corrected chi connectivity index (χ0v) is 8.39. The summed E-state index contributed by atoms with van der Waals surface area (Å²) in [4.78, 5) is 7.60. The van der Waals surface area contributed by atoms with Crippen LogP contribution >= 0.6 is 0 Å². The molecule has 2 heterocycles. The van der Waals surface area contributed by atoms with Gasteiger partial charge in [-0.3, -0.25) is 4.98 Å². The van der Waals surface area contributed by atoms with Gasteiger partial charge in [-0.15, -0.1) is 0 Å². The van der Waals surface area contributed by atoms with Gasteiger partial charge in [-0.2, -0.15) is 9.65 Å². The zero-order chi connectivity index (χ0) is 11.4. The Morgan fingerprint density at radius 2 is 2.19 bits per heavy atom. The van der Waals surface area contributed by atoms with Crippen LogP contribution in [0.3, 0.4) is 0 Å². The molecule has 16 heavy (non-hydrogen) atoms. The van der Waals surface area contributed by atoms with Crippen LogP contribution in [0.25, 0.3) is 11.1 Å². The first-order valence-electron chi connectivity index (χ1n) is 4.73. The molecule has 0 unspecified atom stereocenters. The molecule has 0 radical (unpaired) electrons. The van der Waals surface area contributed by atoms with Crippen molar-refractivity contribution in [3.8, 4) is 17.2 Å². The highest BCUT2D eigenvalue weighted by atomic mass is 19.1. The number of aromatic nitrogens is 2. The van der Waals surface area contributed by atoms with Crippen LogP contribution in [0.5, 0.6) is 0 Å². The van der Waals surface area contributed by atoms with Crippen LogP contribution in [0.15, 0.2) is 36.8 Å². The van der Waals surface area contributed by atoms with E-state index in [4.69, 9.17) is 5.26 Å². The van der Waals surface area contributed by atoms with E-state index < -0.39 is 5.95 Å². The van der Waals surface area contributed by atoms with Crippen molar-refractivity contribution in [2.45, 2.75) is 6.42 Å². The summed E-state index contributed by atoms with van der Waals surface area (Å²) in [6.07, 6.45) is 4.79. The lowest BCUT2D eigenvalue weighted by Gasteiger charge is -2.02. The van der Waals surface area contributed by atoms with E-state index in [1.54, 1.807) is 24.5 Å². The molecular weight excluding hydrogens is 205 g/mol. The minimum absolute atomic E-state index is 0.0208. The van der Waals surface area contributed by atoms with E-state index in [0.717, 1.165) is 11.1 Å². The van der Waals surface area contributed by atoms with E-state index in [1.165, 1.54) is 6.20 Å². The molecule has 0 aromatic carbocycles. The molecule has 0 amide bonds. The third-order valence-electron chi connectivity index (χ3n) is 2.18. The van der Waals surface area contributed by atoms with Gasteiger partial charge >= 0.3 is 0 Å². The van der Waals surface area contributed by atoms with Crippen LogP contribution in [0.1, 0.15) is 5.56 Å². The van der Waals surface area contributed by atoms with Gasteiger partial charge in [0, 0.05) is 35.3 Å². The van der Waals surface area contributed by atoms with Crippen molar-refractivity contribution in [2.75, 3.05) is 0 Å². The molecule has 0 aliphatic carbocycles. The molecule has 3 nitrogen and oxygen atoms in total. The number of hydrogen-bond donors (Lipinski definition) is 0. The summed E-state index contributed by atoms with van der Waals surface area (Å²) in [6, 6.07) is 7.19. The molecule has 0 aliphatic rings. The lowest BCUT2D eigenvalue weighted by Crippen LogP contribution is -1.94. The van der Waals surface area contributed by atoms with Crippen molar-refractivity contribution in [3.63, 3.8) is 0 Å². The predicted octanol–water partition coefficient (Wildman–Crippen LogP) is 2.35. The second-order valence-corrected chi connectivity index (χ2v) is 3.25. The largest absolute Gasteiger partial charge is 0.264 e. The lowest BCUT2D eigenvalue weighted by molar-refractivity contribution is 0.571. The van der Waals surface area contributed by atoms with Gasteiger partial charge in [0.2, 0.25) is 5.95 Å². The van der Waals surface area contributed by atoms with Gasteiger partial charge in [0.05, 0.1) is 12.5 Å². The van der Waals surface area contributed by atoms with Gasteiger partial charge in [0.15, 0.2) is 0 Å². The molecule has 0 bridgehead atoms. The van der Waals surface area contributed by atoms with Gasteiger partial charge < -0.3 is 0 Å². The first-order valence-corrected chi connectivity index (χ1v) is 4.73. The molecule has 0 saturated carbocycles. The number of halogens is 1. The van der Waals surface area contributed by atoms with Gasteiger partial charge in [-0.1, -0.05) is 6.07 Å². The molecule has 2 aromatic heterocycles. The minimum atomic E-state index is -0.589. The summed E-state index contributed by atoms with van der Waals surface area (Å²) < 4.78 is 13.2. The molecule has 0 saturated heterocycles. The van der Waals surface area contributed by atoms with Gasteiger partial charge in [-0.05, 0) is 12.1 Å². The molecule has 0 aliphatic heterocycles. The Balaban J connectivity index is 2.45. The van der Waals surface area contributed by atoms with Gasteiger partial charge in [-0.25, -0.2) is 4.98 Å². The third-order valence-corrected chi connectivity index (χ3v) is 2.18. The highest BCUT2D eigenvalue weighted by Gasteiger charge is 2.06. The average Bonchev–Trinajstić information content (AvgIpc) is 2.33. The molecule has 78 valence electrons. The molecule has 2 rings (SSSR count). The summed E-state index contributed by atoms with van der Waals surface area (Å²) in [5.74, 6) is -0.589. The molecule has 0 atom stereocenters. The van der Waals surface area contributed by atoms with Crippen molar-refractivity contribution in [3.05, 3.63) is 48.3 Å². The second kappa shape index (κ2) is 4.49. The van der Waals surface area contributed by atoms with Gasteiger partial charge in [0.1, 0.15) is 0 Å². The van der Waals surface area contributed by atoms with E-state index in [1.807, 2.05) is 12.1 Å². The van der Waals surface area contributed by atoms with Crippen molar-refractivity contribution in [1.82, 2.24) is 9.97 Å². The van der Waals surface area contributed by atoms with Crippen LogP contribution in [0.4, 0.5) is 4.39 Å². The molecule has 0 spiro atoms. The van der Waals surface area contributed by atoms with Crippen molar-refractivity contribution in [1.29, 1.82) is 5.26 Å². The Bertz CT molecular complexity index is 532. The highest BCUT2D eigenvalue weighted by Crippen LogP contribution is 2.19. The molecule has 2 aromatic rings. The van der Waals surface area contributed by atoms with Crippen molar-refractivity contribution < 1.29 is 4.39 Å². The maximum Gasteiger partial charge on any atom is 0.217 e. The Morgan fingerprint density at radius 1 is 1.31 bits per heavy atom. The Hall–Kier alpha value is -2.28. The highest BCUT2D eigenvalue weighted by molar-refractivity contribution is 5.61. The first kappa shape index (κ1) is 10.2. The van der Waals surface area contributed by atoms with Crippen LogP contribution in [-0.4, -0.2) is 9.97 Å². The third kappa shape index (κ3) is 2.04. The smallest absolute Gasteiger partial charge is 0.217 e. The van der Waals surface area contributed by atoms with Crippen LogP contribution in [-0.2, 0) is 6.42 Å². The van der Waals surface area contributed by atoms with E-state index in [2.05, 4.69) is 9.97 Å². The topological polar surface area (TPSA) is 49.6 Å². The summed E-state index contributed by atoms with van der Waals surface area (Å²) >= 11 is 0. The van der Waals surface area contributed by atoms with Crippen LogP contribution < -0.4 is 0 Å². The summed E-state index contributed by atoms with van der Waals surface area (Å²) in [7, 11) is 0. The first-order chi connectivity index (χ1) is 7.81. The summed E-state index contributed by atoms with van der Waals surface area (Å²) in [5, 5.41) is 8.55. The molecule has 0 fully saturated rings. The Kier molecular flexibility index (Phi) is 2.88. The number of rotatable bonds is 2. The molecular formula is C12H8FN3. The standard InChI is InChI=1S/C12H8FN3/c13-12-9(3-4-14)6-11(8-16-12)10-2-1-5-15-7-10/h1-2,5-8H,3H2. The van der Waals surface area contributed by atoms with Crippen molar-refractivity contribution in [2.24, 2.45) is 0 Å². The van der Waals surface area contributed by atoms with E-state index in [9.17, 15) is 4.39 Å². The van der Waals surface area contributed by atoms with Gasteiger partial charge in [0.25, 0.3) is 0 Å². The lowest BCUT2D eigenvalue weighted by atomic mass is 10.1. The number of nitriles is 1. The average molecular weight is 213 g/mol. The monoisotopic (exact) mass is 213 g/mol. The van der Waals surface area contributed by atoms with Crippen LogP contribution in [0.2, 0.25) is 0 Å². The minimum Gasteiger partial charge on any atom is -0.264 e. The van der Waals surface area contributed by atoms with E-state index >= 15 is 0 Å². The quantitative estimate of drug-likeness (QED) is 0.719. The number of hydrogen-bond acceptors (Lipinski definition) is 3. The zero-order valence-electron chi connectivity index (χ0n) is 8.39. The summed E-state index contributed by atoms with van der Waals surface area (Å²) in [5.41, 5.74) is 1.93. The maximum absolute atomic E-state index is 13.2. The second-order valence-electron chi connectivity index (χ2n) is 3.25. The Labute approximate surface area is 92.2 Å². The Morgan fingerprint density at radius 3 is 2.88 bits per heavy atom.